The van der Waals surface area contributed by atoms with Crippen LogP contribution in [0.1, 0.15) is 45.4 Å². The number of hydrogen-bond donors (Lipinski definition) is 1. The van der Waals surface area contributed by atoms with Crippen LogP contribution < -0.4 is 10.2 Å². The molecular formula is C15H27N3S. The molecule has 19 heavy (non-hydrogen) atoms. The molecule has 1 saturated heterocycles. The van der Waals surface area contributed by atoms with Crippen LogP contribution in [0.2, 0.25) is 0 Å². The Balaban J connectivity index is 1.92. The first-order chi connectivity index (χ1) is 9.06. The van der Waals surface area contributed by atoms with E-state index in [0.29, 0.717) is 12.0 Å². The minimum absolute atomic E-state index is 0.638. The molecule has 0 bridgehead atoms. The monoisotopic (exact) mass is 281 g/mol. The fourth-order valence-corrected chi connectivity index (χ4v) is 3.54. The summed E-state index contributed by atoms with van der Waals surface area (Å²) in [6.45, 7) is 12.3. The highest BCUT2D eigenvalue weighted by atomic mass is 32.1. The third-order valence-corrected chi connectivity index (χ3v) is 4.79. The lowest BCUT2D eigenvalue weighted by atomic mass is 9.96. The smallest absolute Gasteiger partial charge is 0.185 e. The number of piperidine rings is 1. The Morgan fingerprint density at radius 2 is 2.21 bits per heavy atom. The molecule has 1 N–H and O–H groups in total. The van der Waals surface area contributed by atoms with Crippen LogP contribution in [0.25, 0.3) is 0 Å². The Bertz CT molecular complexity index is 388. The van der Waals surface area contributed by atoms with E-state index in [-0.39, 0.29) is 0 Å². The highest BCUT2D eigenvalue weighted by Gasteiger charge is 2.24. The van der Waals surface area contributed by atoms with Gasteiger partial charge in [-0.05, 0) is 38.1 Å². The fraction of sp³-hybridized carbons (Fsp3) is 0.800. The van der Waals surface area contributed by atoms with Gasteiger partial charge in [-0.2, -0.15) is 0 Å². The van der Waals surface area contributed by atoms with Crippen molar-refractivity contribution in [2.45, 2.75) is 53.1 Å². The normalized spacial score (nSPS) is 24.2. The lowest BCUT2D eigenvalue weighted by Gasteiger charge is -2.36. The highest BCUT2D eigenvalue weighted by Crippen LogP contribution is 2.30. The molecule has 4 heteroatoms. The molecular weight excluding hydrogens is 254 g/mol. The molecule has 0 radical (unpaired) electrons. The molecule has 2 unspecified atom stereocenters. The molecule has 0 saturated carbocycles. The summed E-state index contributed by atoms with van der Waals surface area (Å²) in [6, 6.07) is 0.638. The van der Waals surface area contributed by atoms with E-state index >= 15 is 0 Å². The molecule has 0 amide bonds. The number of nitrogens with one attached hydrogen (secondary N) is 1. The molecule has 2 atom stereocenters. The van der Waals surface area contributed by atoms with E-state index in [1.165, 1.54) is 22.9 Å². The average molecular weight is 281 g/mol. The van der Waals surface area contributed by atoms with Crippen molar-refractivity contribution in [3.63, 3.8) is 0 Å². The predicted molar refractivity (Wildman–Crippen MR) is 83.9 cm³/mol. The number of nitrogens with zero attached hydrogens (tertiary/aromatic N) is 2. The van der Waals surface area contributed by atoms with Crippen molar-refractivity contribution in [1.82, 2.24) is 10.3 Å². The Hall–Kier alpha value is -0.610. The maximum atomic E-state index is 4.63. The quantitative estimate of drug-likeness (QED) is 0.895. The second kappa shape index (κ2) is 6.71. The Labute approximate surface area is 121 Å². The van der Waals surface area contributed by atoms with Crippen molar-refractivity contribution in [1.29, 1.82) is 0 Å². The fourth-order valence-electron chi connectivity index (χ4n) is 2.55. The summed E-state index contributed by atoms with van der Waals surface area (Å²) >= 11 is 1.85. The summed E-state index contributed by atoms with van der Waals surface area (Å²) in [4.78, 5) is 8.47. The molecule has 1 aromatic rings. The number of hydrogen-bond acceptors (Lipinski definition) is 4. The van der Waals surface area contributed by atoms with Gasteiger partial charge in [-0.3, -0.25) is 0 Å². The summed E-state index contributed by atoms with van der Waals surface area (Å²) in [5.41, 5.74) is 0. The van der Waals surface area contributed by atoms with Gasteiger partial charge in [-0.1, -0.05) is 20.8 Å². The molecule has 1 aromatic heterocycles. The summed E-state index contributed by atoms with van der Waals surface area (Å²) in [7, 11) is 0. The van der Waals surface area contributed by atoms with E-state index in [4.69, 9.17) is 0 Å². The molecule has 0 aromatic carbocycles. The van der Waals surface area contributed by atoms with Gasteiger partial charge in [0.1, 0.15) is 0 Å². The number of aromatic nitrogens is 1. The summed E-state index contributed by atoms with van der Waals surface area (Å²) < 4.78 is 0. The van der Waals surface area contributed by atoms with Gasteiger partial charge in [0.05, 0.1) is 0 Å². The average Bonchev–Trinajstić information content (AvgIpc) is 2.80. The molecule has 2 rings (SSSR count). The zero-order valence-corrected chi connectivity index (χ0v) is 13.5. The van der Waals surface area contributed by atoms with Gasteiger partial charge in [-0.15, -0.1) is 11.3 Å². The van der Waals surface area contributed by atoms with E-state index in [1.54, 1.807) is 0 Å². The minimum atomic E-state index is 0.638. The zero-order chi connectivity index (χ0) is 13.8. The first kappa shape index (κ1) is 14.8. The van der Waals surface area contributed by atoms with Crippen molar-refractivity contribution in [3.05, 3.63) is 11.1 Å². The molecule has 0 aliphatic carbocycles. The maximum absolute atomic E-state index is 4.63. The molecule has 1 fully saturated rings. The lowest BCUT2D eigenvalue weighted by Crippen LogP contribution is -2.40. The van der Waals surface area contributed by atoms with Crippen LogP contribution in [0.4, 0.5) is 5.13 Å². The van der Waals surface area contributed by atoms with E-state index in [0.717, 1.165) is 25.6 Å². The summed E-state index contributed by atoms with van der Waals surface area (Å²) in [5.74, 6) is 1.50. The van der Waals surface area contributed by atoms with Gasteiger partial charge >= 0.3 is 0 Å². The van der Waals surface area contributed by atoms with Crippen LogP contribution in [-0.2, 0) is 6.54 Å². The zero-order valence-electron chi connectivity index (χ0n) is 12.6. The van der Waals surface area contributed by atoms with Gasteiger partial charge in [0, 0.05) is 30.2 Å². The van der Waals surface area contributed by atoms with Gasteiger partial charge in [0.15, 0.2) is 5.13 Å². The second-order valence-electron chi connectivity index (χ2n) is 6.32. The van der Waals surface area contributed by atoms with Gasteiger partial charge < -0.3 is 10.2 Å². The molecule has 108 valence electrons. The largest absolute Gasteiger partial charge is 0.345 e. The van der Waals surface area contributed by atoms with E-state index in [2.05, 4.69) is 42.9 Å². The third-order valence-electron chi connectivity index (χ3n) is 3.76. The van der Waals surface area contributed by atoms with Crippen LogP contribution in [0, 0.1) is 11.8 Å². The molecule has 1 aliphatic heterocycles. The third kappa shape index (κ3) is 4.18. The standard InChI is InChI=1S/C15H27N3S/c1-11(2)7-16-8-14-9-17-15(19-14)18-10-12(3)5-6-13(18)4/h9,11-13,16H,5-8,10H2,1-4H3. The second-order valence-corrected chi connectivity index (χ2v) is 7.41. The van der Waals surface area contributed by atoms with Crippen molar-refractivity contribution >= 4 is 16.5 Å². The lowest BCUT2D eigenvalue weighted by molar-refractivity contribution is 0.390. The first-order valence-electron chi connectivity index (χ1n) is 7.48. The van der Waals surface area contributed by atoms with Crippen molar-refractivity contribution in [2.75, 3.05) is 18.0 Å². The van der Waals surface area contributed by atoms with Crippen molar-refractivity contribution in [3.8, 4) is 0 Å². The molecule has 1 aliphatic rings. The van der Waals surface area contributed by atoms with Crippen LogP contribution in [0.3, 0.4) is 0 Å². The Morgan fingerprint density at radius 3 is 2.95 bits per heavy atom. The molecule has 0 spiro atoms. The molecule has 2 heterocycles. The summed E-state index contributed by atoms with van der Waals surface area (Å²) in [5, 5.41) is 4.70. The SMILES string of the molecule is CC(C)CNCc1cnc(N2CC(C)CCC2C)s1. The molecule has 3 nitrogen and oxygen atoms in total. The van der Waals surface area contributed by atoms with Crippen molar-refractivity contribution < 1.29 is 0 Å². The minimum Gasteiger partial charge on any atom is -0.345 e. The Morgan fingerprint density at radius 1 is 1.42 bits per heavy atom. The number of rotatable bonds is 5. The van der Waals surface area contributed by atoms with Gasteiger partial charge in [0.25, 0.3) is 0 Å². The topological polar surface area (TPSA) is 28.2 Å². The maximum Gasteiger partial charge on any atom is 0.185 e. The number of anilines is 1. The van der Waals surface area contributed by atoms with E-state index in [9.17, 15) is 0 Å². The van der Waals surface area contributed by atoms with Crippen LogP contribution >= 0.6 is 11.3 Å². The van der Waals surface area contributed by atoms with Crippen LogP contribution in [-0.4, -0.2) is 24.1 Å². The van der Waals surface area contributed by atoms with Crippen molar-refractivity contribution in [2.24, 2.45) is 11.8 Å². The predicted octanol–water partition coefficient (Wildman–Crippen LogP) is 3.51. The summed E-state index contributed by atoms with van der Waals surface area (Å²) in [6.07, 6.45) is 4.69. The van der Waals surface area contributed by atoms with E-state index in [1.807, 2.05) is 17.5 Å². The van der Waals surface area contributed by atoms with Crippen LogP contribution in [0.5, 0.6) is 0 Å². The first-order valence-corrected chi connectivity index (χ1v) is 8.30. The highest BCUT2D eigenvalue weighted by molar-refractivity contribution is 7.15. The van der Waals surface area contributed by atoms with Gasteiger partial charge in [0.2, 0.25) is 0 Å². The Kier molecular flexibility index (Phi) is 5.22. The number of thiazole rings is 1. The van der Waals surface area contributed by atoms with E-state index < -0.39 is 0 Å². The van der Waals surface area contributed by atoms with Gasteiger partial charge in [-0.25, -0.2) is 4.98 Å². The van der Waals surface area contributed by atoms with Crippen LogP contribution in [0.15, 0.2) is 6.20 Å².